The van der Waals surface area contributed by atoms with Crippen molar-refractivity contribution in [3.63, 3.8) is 0 Å². The molecule has 0 aliphatic carbocycles. The van der Waals surface area contributed by atoms with Crippen LogP contribution >= 0.6 is 26.6 Å². The SMILES string of the molecule is N#Cc1cc(Br)cnc1N1CC(S(=O)(=O)Cl)CC1=O. The summed E-state index contributed by atoms with van der Waals surface area (Å²) in [6.07, 6.45) is 1.24. The molecule has 19 heavy (non-hydrogen) atoms. The fourth-order valence-corrected chi connectivity index (χ4v) is 3.16. The zero-order valence-electron chi connectivity index (χ0n) is 9.38. The van der Waals surface area contributed by atoms with Gasteiger partial charge in [-0.2, -0.15) is 5.26 Å². The molecular formula is C10H7BrClN3O3S. The van der Waals surface area contributed by atoms with Crippen molar-refractivity contribution in [1.29, 1.82) is 5.26 Å². The first-order valence-electron chi connectivity index (χ1n) is 5.12. The second-order valence-electron chi connectivity index (χ2n) is 3.94. The molecule has 1 aliphatic rings. The third-order valence-corrected chi connectivity index (χ3v) is 5.00. The van der Waals surface area contributed by atoms with E-state index in [0.29, 0.717) is 4.47 Å². The summed E-state index contributed by atoms with van der Waals surface area (Å²) < 4.78 is 23.1. The first-order chi connectivity index (χ1) is 8.82. The van der Waals surface area contributed by atoms with Crippen molar-refractivity contribution in [3.8, 4) is 6.07 Å². The standard InChI is InChI=1S/C10H7BrClN3O3S/c11-7-1-6(3-13)10(14-4-7)15-5-8(2-9(15)16)19(12,17)18/h1,4,8H,2,5H2. The van der Waals surface area contributed by atoms with Crippen LogP contribution in [-0.2, 0) is 13.8 Å². The molecule has 0 spiro atoms. The molecular weight excluding hydrogens is 358 g/mol. The number of hydrogen-bond acceptors (Lipinski definition) is 5. The lowest BCUT2D eigenvalue weighted by molar-refractivity contribution is -0.117. The molecule has 0 aromatic carbocycles. The van der Waals surface area contributed by atoms with Gasteiger partial charge in [0.2, 0.25) is 15.0 Å². The largest absolute Gasteiger partial charge is 0.294 e. The Morgan fingerprint density at radius 2 is 2.26 bits per heavy atom. The molecule has 1 amide bonds. The third-order valence-electron chi connectivity index (χ3n) is 2.70. The molecule has 6 nitrogen and oxygen atoms in total. The topological polar surface area (TPSA) is 91.1 Å². The van der Waals surface area contributed by atoms with Crippen LogP contribution in [0.4, 0.5) is 5.82 Å². The number of carbonyl (C=O) groups excluding carboxylic acids is 1. The molecule has 0 bridgehead atoms. The third kappa shape index (κ3) is 2.88. The minimum absolute atomic E-state index is 0.0893. The van der Waals surface area contributed by atoms with Crippen LogP contribution in [0.3, 0.4) is 0 Å². The Bertz CT molecular complexity index is 686. The number of amides is 1. The Morgan fingerprint density at radius 1 is 1.58 bits per heavy atom. The number of carbonyl (C=O) groups is 1. The Labute approximate surface area is 122 Å². The zero-order chi connectivity index (χ0) is 14.2. The zero-order valence-corrected chi connectivity index (χ0v) is 12.5. The van der Waals surface area contributed by atoms with Crippen molar-refractivity contribution >= 4 is 47.4 Å². The molecule has 0 radical (unpaired) electrons. The van der Waals surface area contributed by atoms with Crippen molar-refractivity contribution < 1.29 is 13.2 Å². The van der Waals surface area contributed by atoms with Crippen LogP contribution in [0.15, 0.2) is 16.7 Å². The van der Waals surface area contributed by atoms with Crippen LogP contribution in [0, 0.1) is 11.3 Å². The van der Waals surface area contributed by atoms with Crippen LogP contribution < -0.4 is 4.90 Å². The quantitative estimate of drug-likeness (QED) is 0.740. The Kier molecular flexibility index (Phi) is 3.80. The van der Waals surface area contributed by atoms with Gasteiger partial charge in [0, 0.05) is 34.3 Å². The summed E-state index contributed by atoms with van der Waals surface area (Å²) in [5, 5.41) is 8.05. The van der Waals surface area contributed by atoms with E-state index in [1.165, 1.54) is 17.2 Å². The Hall–Kier alpha value is -1.17. The van der Waals surface area contributed by atoms with E-state index in [9.17, 15) is 13.2 Å². The van der Waals surface area contributed by atoms with Gasteiger partial charge in [0.25, 0.3) is 0 Å². The number of nitriles is 1. The van der Waals surface area contributed by atoms with E-state index >= 15 is 0 Å². The van der Waals surface area contributed by atoms with Gasteiger partial charge in [0.1, 0.15) is 11.3 Å². The van der Waals surface area contributed by atoms with E-state index in [2.05, 4.69) is 20.9 Å². The van der Waals surface area contributed by atoms with E-state index in [4.69, 9.17) is 15.9 Å². The second kappa shape index (κ2) is 5.07. The van der Waals surface area contributed by atoms with E-state index < -0.39 is 20.2 Å². The minimum Gasteiger partial charge on any atom is -0.294 e. The molecule has 100 valence electrons. The van der Waals surface area contributed by atoms with Crippen molar-refractivity contribution in [3.05, 3.63) is 22.3 Å². The average molecular weight is 365 g/mol. The second-order valence-corrected chi connectivity index (χ2v) is 7.77. The summed E-state index contributed by atoms with van der Waals surface area (Å²) in [4.78, 5) is 17.0. The van der Waals surface area contributed by atoms with Gasteiger partial charge in [-0.15, -0.1) is 0 Å². The molecule has 2 rings (SSSR count). The molecule has 1 saturated heterocycles. The average Bonchev–Trinajstić information content (AvgIpc) is 2.71. The van der Waals surface area contributed by atoms with Gasteiger partial charge in [0.15, 0.2) is 5.82 Å². The molecule has 1 aromatic rings. The predicted molar refractivity (Wildman–Crippen MR) is 72.2 cm³/mol. The van der Waals surface area contributed by atoms with Crippen LogP contribution in [0.2, 0.25) is 0 Å². The summed E-state index contributed by atoms with van der Waals surface area (Å²) in [6, 6.07) is 3.43. The smallest absolute Gasteiger partial charge is 0.237 e. The van der Waals surface area contributed by atoms with Crippen LogP contribution in [0.25, 0.3) is 0 Å². The normalized spacial score (nSPS) is 19.5. The fourth-order valence-electron chi connectivity index (χ4n) is 1.80. The fraction of sp³-hybridized carbons (Fsp3) is 0.300. The number of hydrogen-bond donors (Lipinski definition) is 0. The van der Waals surface area contributed by atoms with Gasteiger partial charge in [-0.1, -0.05) is 0 Å². The maximum Gasteiger partial charge on any atom is 0.237 e. The van der Waals surface area contributed by atoms with Gasteiger partial charge in [-0.05, 0) is 22.0 Å². The van der Waals surface area contributed by atoms with Gasteiger partial charge in [-0.25, -0.2) is 13.4 Å². The molecule has 0 saturated carbocycles. The summed E-state index contributed by atoms with van der Waals surface area (Å²) >= 11 is 3.17. The summed E-state index contributed by atoms with van der Waals surface area (Å²) in [6.45, 7) is -0.0893. The molecule has 2 heterocycles. The highest BCUT2D eigenvalue weighted by atomic mass is 79.9. The molecule has 1 atom stereocenters. The van der Waals surface area contributed by atoms with Crippen molar-refractivity contribution in [2.45, 2.75) is 11.7 Å². The minimum atomic E-state index is -3.81. The van der Waals surface area contributed by atoms with Crippen molar-refractivity contribution in [2.24, 2.45) is 0 Å². The lowest BCUT2D eigenvalue weighted by atomic mass is 10.2. The number of halogens is 2. The number of anilines is 1. The van der Waals surface area contributed by atoms with Crippen LogP contribution in [-0.4, -0.2) is 31.1 Å². The molecule has 1 aromatic heterocycles. The lowest BCUT2D eigenvalue weighted by Gasteiger charge is -2.16. The number of pyridine rings is 1. The number of rotatable bonds is 2. The molecule has 1 fully saturated rings. The molecule has 1 aliphatic heterocycles. The highest BCUT2D eigenvalue weighted by Gasteiger charge is 2.39. The van der Waals surface area contributed by atoms with Crippen LogP contribution in [0.1, 0.15) is 12.0 Å². The molecule has 1 unspecified atom stereocenters. The molecule has 9 heteroatoms. The Morgan fingerprint density at radius 3 is 2.79 bits per heavy atom. The van der Waals surface area contributed by atoms with E-state index in [-0.39, 0.29) is 24.3 Å². The highest BCUT2D eigenvalue weighted by Crippen LogP contribution is 2.28. The van der Waals surface area contributed by atoms with Crippen molar-refractivity contribution in [1.82, 2.24) is 4.98 Å². The van der Waals surface area contributed by atoms with Crippen molar-refractivity contribution in [2.75, 3.05) is 11.4 Å². The maximum atomic E-state index is 11.8. The predicted octanol–water partition coefficient (Wildman–Crippen LogP) is 1.39. The number of aromatic nitrogens is 1. The van der Waals surface area contributed by atoms with Gasteiger partial charge in [-0.3, -0.25) is 9.69 Å². The van der Waals surface area contributed by atoms with Crippen LogP contribution in [0.5, 0.6) is 0 Å². The summed E-state index contributed by atoms with van der Waals surface area (Å²) in [5.41, 5.74) is 0.190. The molecule has 0 N–H and O–H groups in total. The van der Waals surface area contributed by atoms with Gasteiger partial charge in [0.05, 0.1) is 5.56 Å². The first kappa shape index (κ1) is 14.2. The van der Waals surface area contributed by atoms with E-state index in [1.807, 2.05) is 6.07 Å². The highest BCUT2D eigenvalue weighted by molar-refractivity contribution is 9.10. The lowest BCUT2D eigenvalue weighted by Crippen LogP contribution is -2.28. The number of nitrogens with zero attached hydrogens (tertiary/aromatic N) is 3. The van der Waals surface area contributed by atoms with E-state index in [1.54, 1.807) is 0 Å². The Balaban J connectivity index is 2.39. The maximum absolute atomic E-state index is 11.8. The van der Waals surface area contributed by atoms with Gasteiger partial charge < -0.3 is 0 Å². The monoisotopic (exact) mass is 363 g/mol. The summed E-state index contributed by atoms with van der Waals surface area (Å²) in [7, 11) is 1.44. The van der Waals surface area contributed by atoms with Gasteiger partial charge >= 0.3 is 0 Å². The first-order valence-corrected chi connectivity index (χ1v) is 8.29. The summed E-state index contributed by atoms with van der Waals surface area (Å²) in [5.74, 6) is -0.265. The van der Waals surface area contributed by atoms with E-state index in [0.717, 1.165) is 0 Å².